The highest BCUT2D eigenvalue weighted by molar-refractivity contribution is 6.31. The van der Waals surface area contributed by atoms with E-state index >= 15 is 0 Å². The number of anilines is 2. The number of benzene rings is 2. The lowest BCUT2D eigenvalue weighted by Gasteiger charge is -2.17. The van der Waals surface area contributed by atoms with Gasteiger partial charge in [-0.1, -0.05) is 11.6 Å². The van der Waals surface area contributed by atoms with Crippen LogP contribution in [0.2, 0.25) is 5.02 Å². The highest BCUT2D eigenvalue weighted by atomic mass is 35.5. The van der Waals surface area contributed by atoms with Crippen LogP contribution in [0.25, 0.3) is 0 Å². The van der Waals surface area contributed by atoms with E-state index in [1.54, 1.807) is 12.1 Å². The van der Waals surface area contributed by atoms with Gasteiger partial charge in [-0.25, -0.2) is 4.39 Å². The second-order valence-electron chi connectivity index (χ2n) is 6.03. The molecule has 0 saturated heterocycles. The van der Waals surface area contributed by atoms with E-state index in [0.717, 1.165) is 12.1 Å². The predicted octanol–water partition coefficient (Wildman–Crippen LogP) is 2.90. The van der Waals surface area contributed by atoms with Crippen LogP contribution in [0.5, 0.6) is 5.75 Å². The molecule has 0 heterocycles. The maximum atomic E-state index is 13.2. The molecule has 0 atom stereocenters. The van der Waals surface area contributed by atoms with Gasteiger partial charge >= 0.3 is 0 Å². The van der Waals surface area contributed by atoms with Crippen LogP contribution in [-0.4, -0.2) is 48.9 Å². The van der Waals surface area contributed by atoms with Crippen LogP contribution in [0.15, 0.2) is 36.4 Å². The van der Waals surface area contributed by atoms with Gasteiger partial charge in [-0.3, -0.25) is 24.6 Å². The molecule has 0 aliphatic carbocycles. The summed E-state index contributed by atoms with van der Waals surface area (Å²) in [5.74, 6) is -1.39. The van der Waals surface area contributed by atoms with Gasteiger partial charge in [-0.05, 0) is 37.4 Å². The lowest BCUT2D eigenvalue weighted by Crippen LogP contribution is -2.36. The Labute approximate surface area is 170 Å². The SMILES string of the molecule is COc1ccc(Cl)cc1NC(=O)CN(C)CC(=O)Nc1ccc(F)cc1[N+](=O)[O-]. The second-order valence-corrected chi connectivity index (χ2v) is 6.47. The number of carbonyl (C=O) groups is 2. The van der Waals surface area contributed by atoms with E-state index in [-0.39, 0.29) is 18.8 Å². The summed E-state index contributed by atoms with van der Waals surface area (Å²) < 4.78 is 18.3. The van der Waals surface area contributed by atoms with Crippen LogP contribution < -0.4 is 15.4 Å². The van der Waals surface area contributed by atoms with Crippen LogP contribution >= 0.6 is 11.6 Å². The first-order valence-corrected chi connectivity index (χ1v) is 8.63. The topological polar surface area (TPSA) is 114 Å². The first kappa shape index (κ1) is 22.1. The molecule has 0 fully saturated rings. The summed E-state index contributed by atoms with van der Waals surface area (Å²) >= 11 is 5.91. The average Bonchev–Trinajstić information content (AvgIpc) is 2.62. The Morgan fingerprint density at radius 1 is 1.14 bits per heavy atom. The largest absolute Gasteiger partial charge is 0.495 e. The fraction of sp³-hybridized carbons (Fsp3) is 0.222. The number of halogens is 2. The molecule has 11 heteroatoms. The number of hydrogen-bond donors (Lipinski definition) is 2. The van der Waals surface area contributed by atoms with Crippen LogP contribution in [0.4, 0.5) is 21.5 Å². The lowest BCUT2D eigenvalue weighted by molar-refractivity contribution is -0.384. The normalized spacial score (nSPS) is 10.5. The zero-order valence-electron chi connectivity index (χ0n) is 15.6. The minimum atomic E-state index is -0.797. The molecule has 9 nitrogen and oxygen atoms in total. The first-order chi connectivity index (χ1) is 13.7. The quantitative estimate of drug-likeness (QED) is 0.497. The van der Waals surface area contributed by atoms with Crippen molar-refractivity contribution in [3.8, 4) is 5.75 Å². The van der Waals surface area contributed by atoms with Crippen molar-refractivity contribution in [2.24, 2.45) is 0 Å². The predicted molar refractivity (Wildman–Crippen MR) is 106 cm³/mol. The number of rotatable bonds is 8. The Morgan fingerprint density at radius 2 is 1.76 bits per heavy atom. The summed E-state index contributed by atoms with van der Waals surface area (Å²) in [6.07, 6.45) is 0. The number of ether oxygens (including phenoxy) is 1. The van der Waals surface area contributed by atoms with Gasteiger partial charge in [-0.2, -0.15) is 0 Å². The molecule has 2 aromatic carbocycles. The molecule has 0 aromatic heterocycles. The molecule has 29 heavy (non-hydrogen) atoms. The van der Waals surface area contributed by atoms with Crippen LogP contribution in [0.3, 0.4) is 0 Å². The van der Waals surface area contributed by atoms with Gasteiger partial charge < -0.3 is 15.4 Å². The number of likely N-dealkylation sites (N-methyl/N-ethyl adjacent to an activating group) is 1. The number of nitrogens with one attached hydrogen (secondary N) is 2. The number of nitrogens with zero attached hydrogens (tertiary/aromatic N) is 2. The monoisotopic (exact) mass is 424 g/mol. The molecule has 0 spiro atoms. The van der Waals surface area contributed by atoms with Gasteiger partial charge in [0.25, 0.3) is 5.69 Å². The Morgan fingerprint density at radius 3 is 2.34 bits per heavy atom. The van der Waals surface area contributed by atoms with Gasteiger partial charge in [0.2, 0.25) is 11.8 Å². The number of methoxy groups -OCH3 is 1. The molecule has 0 aliphatic heterocycles. The van der Waals surface area contributed by atoms with E-state index in [2.05, 4.69) is 10.6 Å². The van der Waals surface area contributed by atoms with Gasteiger partial charge in [-0.15, -0.1) is 0 Å². The molecular weight excluding hydrogens is 407 g/mol. The minimum absolute atomic E-state index is 0.136. The zero-order valence-corrected chi connectivity index (χ0v) is 16.3. The molecule has 0 saturated carbocycles. The lowest BCUT2D eigenvalue weighted by atomic mass is 10.2. The van der Waals surface area contributed by atoms with E-state index in [1.165, 1.54) is 25.1 Å². The van der Waals surface area contributed by atoms with E-state index in [4.69, 9.17) is 16.3 Å². The van der Waals surface area contributed by atoms with Gasteiger partial charge in [0.05, 0.1) is 36.9 Å². The zero-order chi connectivity index (χ0) is 21.6. The third-order valence-corrected chi connectivity index (χ3v) is 3.93. The highest BCUT2D eigenvalue weighted by Crippen LogP contribution is 2.27. The summed E-state index contributed by atoms with van der Waals surface area (Å²) in [5, 5.41) is 16.4. The molecule has 2 rings (SSSR count). The molecular formula is C18H18ClFN4O5. The van der Waals surface area contributed by atoms with Crippen molar-refractivity contribution in [1.29, 1.82) is 0 Å². The molecule has 0 aliphatic rings. The van der Waals surface area contributed by atoms with E-state index in [0.29, 0.717) is 22.5 Å². The van der Waals surface area contributed by atoms with Crippen molar-refractivity contribution in [3.63, 3.8) is 0 Å². The standard InChI is InChI=1S/C18H18ClFN4O5/c1-23(10-18(26)22-14-7-11(19)3-6-16(14)29-2)9-17(25)21-13-5-4-12(20)8-15(13)24(27)28/h3-8H,9-10H2,1-2H3,(H,21,25)(H,22,26). The van der Waals surface area contributed by atoms with Crippen molar-refractivity contribution in [2.75, 3.05) is 37.9 Å². The second kappa shape index (κ2) is 9.80. The van der Waals surface area contributed by atoms with E-state index < -0.39 is 28.2 Å². The van der Waals surface area contributed by atoms with Crippen molar-refractivity contribution in [3.05, 3.63) is 57.4 Å². The Hall–Kier alpha value is -3.24. The third kappa shape index (κ3) is 6.40. The fourth-order valence-electron chi connectivity index (χ4n) is 2.47. The Balaban J connectivity index is 1.95. The van der Waals surface area contributed by atoms with Crippen LogP contribution in [0, 0.1) is 15.9 Å². The third-order valence-electron chi connectivity index (χ3n) is 3.69. The maximum Gasteiger partial charge on any atom is 0.295 e. The van der Waals surface area contributed by atoms with Crippen LogP contribution in [-0.2, 0) is 9.59 Å². The summed E-state index contributed by atoms with van der Waals surface area (Å²) in [4.78, 5) is 35.9. The molecule has 0 bridgehead atoms. The molecule has 2 amide bonds. The first-order valence-electron chi connectivity index (χ1n) is 8.25. The number of amides is 2. The average molecular weight is 425 g/mol. The number of hydrogen-bond acceptors (Lipinski definition) is 6. The van der Waals surface area contributed by atoms with Crippen LogP contribution in [0.1, 0.15) is 0 Å². The number of carbonyl (C=O) groups excluding carboxylic acids is 2. The molecule has 154 valence electrons. The number of nitro groups is 1. The molecule has 2 N–H and O–H groups in total. The summed E-state index contributed by atoms with van der Waals surface area (Å²) in [6, 6.07) is 7.55. The van der Waals surface area contributed by atoms with Crippen molar-refractivity contribution >= 4 is 40.5 Å². The van der Waals surface area contributed by atoms with Gasteiger partial charge in [0.15, 0.2) is 0 Å². The van der Waals surface area contributed by atoms with Gasteiger partial charge in [0, 0.05) is 5.02 Å². The smallest absolute Gasteiger partial charge is 0.295 e. The Kier molecular flexibility index (Phi) is 7.46. The molecule has 0 unspecified atom stereocenters. The minimum Gasteiger partial charge on any atom is -0.495 e. The Bertz CT molecular complexity index is 940. The summed E-state index contributed by atoms with van der Waals surface area (Å²) in [6.45, 7) is -0.372. The van der Waals surface area contributed by atoms with Crippen molar-refractivity contribution < 1.29 is 23.6 Å². The van der Waals surface area contributed by atoms with Gasteiger partial charge in [0.1, 0.15) is 17.3 Å². The fourth-order valence-corrected chi connectivity index (χ4v) is 2.64. The summed E-state index contributed by atoms with van der Waals surface area (Å²) in [7, 11) is 2.97. The molecule has 2 aromatic rings. The number of nitro benzene ring substituents is 1. The van der Waals surface area contributed by atoms with E-state index in [9.17, 15) is 24.1 Å². The van der Waals surface area contributed by atoms with E-state index in [1.807, 2.05) is 0 Å². The maximum absolute atomic E-state index is 13.2. The van der Waals surface area contributed by atoms with Crippen molar-refractivity contribution in [2.45, 2.75) is 0 Å². The molecule has 0 radical (unpaired) electrons. The highest BCUT2D eigenvalue weighted by Gasteiger charge is 2.18. The summed E-state index contributed by atoms with van der Waals surface area (Å²) in [5.41, 5.74) is -0.320. The van der Waals surface area contributed by atoms with Crippen molar-refractivity contribution in [1.82, 2.24) is 4.90 Å².